The minimum absolute atomic E-state index is 0.0151. The zero-order valence-electron chi connectivity index (χ0n) is 22.9. The van der Waals surface area contributed by atoms with Crippen LogP contribution in [0, 0.1) is 10.8 Å². The van der Waals surface area contributed by atoms with Gasteiger partial charge >= 0.3 is 24.2 Å². The Hall–Kier alpha value is -3.34. The molecule has 2 N–H and O–H groups in total. The first kappa shape index (κ1) is 31.7. The topological polar surface area (TPSA) is 150 Å². The monoisotopic (exact) mass is 525 g/mol. The van der Waals surface area contributed by atoms with Gasteiger partial charge < -0.3 is 34.2 Å². The molecular formula is C26H39NO10. The van der Waals surface area contributed by atoms with E-state index in [1.165, 1.54) is 19.1 Å². The van der Waals surface area contributed by atoms with Gasteiger partial charge in [0.05, 0.1) is 13.2 Å². The number of carbonyl (C=O) groups is 4. The summed E-state index contributed by atoms with van der Waals surface area (Å²) in [6, 6.07) is 3.28. The van der Waals surface area contributed by atoms with Crippen molar-refractivity contribution in [3.8, 4) is 11.5 Å². The van der Waals surface area contributed by atoms with Gasteiger partial charge in [-0.2, -0.15) is 0 Å². The van der Waals surface area contributed by atoms with Crippen molar-refractivity contribution in [2.75, 3.05) is 19.8 Å². The summed E-state index contributed by atoms with van der Waals surface area (Å²) in [7, 11) is 0. The zero-order valence-corrected chi connectivity index (χ0v) is 22.9. The fraction of sp³-hybridized carbons (Fsp3) is 0.615. The van der Waals surface area contributed by atoms with Gasteiger partial charge in [0.25, 0.3) is 0 Å². The Balaban J connectivity index is 2.98. The number of carbonyl (C=O) groups excluding carboxylic acids is 4. The van der Waals surface area contributed by atoms with Crippen LogP contribution in [-0.2, 0) is 35.0 Å². The highest BCUT2D eigenvalue weighted by atomic mass is 16.7. The van der Waals surface area contributed by atoms with E-state index in [0.717, 1.165) is 0 Å². The van der Waals surface area contributed by atoms with Crippen molar-refractivity contribution < 1.29 is 47.6 Å². The van der Waals surface area contributed by atoms with Crippen molar-refractivity contribution in [1.82, 2.24) is 0 Å². The molecule has 1 rings (SSSR count). The fourth-order valence-electron chi connectivity index (χ4n) is 2.52. The number of nitrogens with two attached hydrogens (primary N) is 1. The molecule has 0 heterocycles. The quantitative estimate of drug-likeness (QED) is 0.266. The molecule has 208 valence electrons. The smallest absolute Gasteiger partial charge is 0.462 e. The number of hydrogen-bond acceptors (Lipinski definition) is 11. The van der Waals surface area contributed by atoms with E-state index in [9.17, 15) is 19.2 Å². The molecule has 1 aromatic rings. The second-order valence-electron chi connectivity index (χ2n) is 11.0. The second-order valence-corrected chi connectivity index (χ2v) is 11.0. The van der Waals surface area contributed by atoms with Crippen molar-refractivity contribution in [2.45, 2.75) is 74.0 Å². The molecule has 37 heavy (non-hydrogen) atoms. The molecule has 0 aromatic heterocycles. The van der Waals surface area contributed by atoms with Gasteiger partial charge in [-0.25, -0.2) is 9.59 Å². The van der Waals surface area contributed by atoms with Crippen molar-refractivity contribution in [2.24, 2.45) is 16.6 Å². The molecule has 0 amide bonds. The average Bonchev–Trinajstić information content (AvgIpc) is 2.75. The van der Waals surface area contributed by atoms with Crippen LogP contribution in [0.4, 0.5) is 9.59 Å². The van der Waals surface area contributed by atoms with Gasteiger partial charge in [0, 0.05) is 6.92 Å². The summed E-state index contributed by atoms with van der Waals surface area (Å²) in [5, 5.41) is 0. The Morgan fingerprint density at radius 1 is 0.838 bits per heavy atom. The van der Waals surface area contributed by atoms with Crippen LogP contribution in [-0.4, -0.2) is 56.2 Å². The first-order chi connectivity index (χ1) is 16.9. The molecule has 0 bridgehead atoms. The third-order valence-corrected chi connectivity index (χ3v) is 4.24. The van der Waals surface area contributed by atoms with Crippen LogP contribution in [0.1, 0.15) is 61.0 Å². The number of benzene rings is 1. The predicted molar refractivity (Wildman–Crippen MR) is 133 cm³/mol. The number of esters is 2. The molecule has 0 spiro atoms. The van der Waals surface area contributed by atoms with E-state index >= 15 is 0 Å². The largest absolute Gasteiger partial charge is 0.513 e. The lowest BCUT2D eigenvalue weighted by atomic mass is 9.99. The van der Waals surface area contributed by atoms with Gasteiger partial charge in [-0.1, -0.05) is 47.6 Å². The van der Waals surface area contributed by atoms with Crippen LogP contribution in [0.2, 0.25) is 0 Å². The Labute approximate surface area is 217 Å². The zero-order chi connectivity index (χ0) is 28.4. The third kappa shape index (κ3) is 14.1. The lowest BCUT2D eigenvalue weighted by Crippen LogP contribution is -2.37. The maximum absolute atomic E-state index is 12.3. The van der Waals surface area contributed by atoms with E-state index in [1.807, 2.05) is 41.5 Å². The Morgan fingerprint density at radius 2 is 1.35 bits per heavy atom. The van der Waals surface area contributed by atoms with Gasteiger partial charge in [0.1, 0.15) is 18.8 Å². The molecule has 2 atom stereocenters. The maximum atomic E-state index is 12.3. The van der Waals surface area contributed by atoms with Crippen molar-refractivity contribution in [3.05, 3.63) is 23.8 Å². The molecule has 11 nitrogen and oxygen atoms in total. The highest BCUT2D eigenvalue weighted by Gasteiger charge is 2.23. The number of rotatable bonds is 10. The molecule has 0 saturated carbocycles. The van der Waals surface area contributed by atoms with Crippen LogP contribution in [0.5, 0.6) is 11.5 Å². The molecule has 0 aliphatic heterocycles. The summed E-state index contributed by atoms with van der Waals surface area (Å²) in [5.41, 5.74) is 5.90. The van der Waals surface area contributed by atoms with Crippen LogP contribution in [0.15, 0.2) is 18.2 Å². The van der Waals surface area contributed by atoms with Gasteiger partial charge in [-0.15, -0.1) is 0 Å². The van der Waals surface area contributed by atoms with Crippen molar-refractivity contribution in [1.29, 1.82) is 0 Å². The van der Waals surface area contributed by atoms with Crippen LogP contribution < -0.4 is 15.2 Å². The van der Waals surface area contributed by atoms with Gasteiger partial charge in [0.15, 0.2) is 11.5 Å². The van der Waals surface area contributed by atoms with Crippen LogP contribution >= 0.6 is 0 Å². The Bertz CT molecular complexity index is 946. The number of ether oxygens (including phenoxy) is 6. The first-order valence-electron chi connectivity index (χ1n) is 11.9. The molecular weight excluding hydrogens is 486 g/mol. The lowest BCUT2D eigenvalue weighted by molar-refractivity contribution is -0.157. The molecule has 0 fully saturated rings. The van der Waals surface area contributed by atoms with E-state index < -0.39 is 36.4 Å². The summed E-state index contributed by atoms with van der Waals surface area (Å²) in [5.74, 6) is -1.41. The second kappa shape index (κ2) is 13.8. The summed E-state index contributed by atoms with van der Waals surface area (Å²) < 4.78 is 30.8. The van der Waals surface area contributed by atoms with Gasteiger partial charge in [0.2, 0.25) is 0 Å². The Kier molecular flexibility index (Phi) is 11.8. The third-order valence-electron chi connectivity index (χ3n) is 4.24. The van der Waals surface area contributed by atoms with Crippen LogP contribution in [0.3, 0.4) is 0 Å². The van der Waals surface area contributed by atoms with Crippen LogP contribution in [0.25, 0.3) is 0 Å². The molecule has 0 radical (unpaired) electrons. The minimum Gasteiger partial charge on any atom is -0.462 e. The van der Waals surface area contributed by atoms with E-state index in [1.54, 1.807) is 13.0 Å². The van der Waals surface area contributed by atoms with Gasteiger partial charge in [-0.05, 0) is 41.9 Å². The fourth-order valence-corrected chi connectivity index (χ4v) is 2.52. The normalized spacial score (nSPS) is 13.1. The summed E-state index contributed by atoms with van der Waals surface area (Å²) in [6.07, 6.45) is -2.64. The van der Waals surface area contributed by atoms with Crippen molar-refractivity contribution in [3.63, 3.8) is 0 Å². The van der Waals surface area contributed by atoms with E-state index in [2.05, 4.69) is 0 Å². The van der Waals surface area contributed by atoms with Gasteiger partial charge in [-0.3, -0.25) is 9.59 Å². The summed E-state index contributed by atoms with van der Waals surface area (Å²) >= 11 is 0. The maximum Gasteiger partial charge on any atom is 0.513 e. The van der Waals surface area contributed by atoms with E-state index in [-0.39, 0.29) is 48.6 Å². The van der Waals surface area contributed by atoms with E-state index in [0.29, 0.717) is 5.56 Å². The molecule has 0 aliphatic carbocycles. The minimum atomic E-state index is -1.07. The number of hydrogen-bond donors (Lipinski definition) is 1. The average molecular weight is 526 g/mol. The molecule has 1 aromatic carbocycles. The molecule has 0 unspecified atom stereocenters. The highest BCUT2D eigenvalue weighted by molar-refractivity contribution is 5.76. The summed E-state index contributed by atoms with van der Waals surface area (Å²) in [6.45, 7) is 14.2. The van der Waals surface area contributed by atoms with E-state index in [4.69, 9.17) is 34.2 Å². The molecule has 0 saturated heterocycles. The molecule has 0 aliphatic rings. The van der Waals surface area contributed by atoms with Crippen molar-refractivity contribution >= 4 is 24.2 Å². The summed E-state index contributed by atoms with van der Waals surface area (Å²) in [4.78, 5) is 47.7. The molecule has 11 heteroatoms. The highest BCUT2D eigenvalue weighted by Crippen LogP contribution is 2.30. The first-order valence-corrected chi connectivity index (χ1v) is 11.9. The standard InChI is InChI=1S/C26H39NO10/c1-16(13-32-17(2)28)35-22(29)19(27)11-18-9-10-20(36-23(30)33-14-25(3,4)5)21(12-18)37-24(31)34-15-26(6,7)8/h9-10,12,16,19H,11,13-15,27H2,1-8H3/t16-,19-/m0/s1. The Morgan fingerprint density at radius 3 is 1.84 bits per heavy atom. The lowest BCUT2D eigenvalue weighted by Gasteiger charge is -2.19. The SMILES string of the molecule is CC(=O)OC[C@H](C)OC(=O)[C@@H](N)Cc1ccc(OC(=O)OCC(C)(C)C)c(OC(=O)OCC(C)(C)C)c1. The predicted octanol–water partition coefficient (Wildman–Crippen LogP) is 4.17.